The summed E-state index contributed by atoms with van der Waals surface area (Å²) in [5.41, 5.74) is -0.982. The summed E-state index contributed by atoms with van der Waals surface area (Å²) in [6.07, 6.45) is -1.41. The third-order valence-electron chi connectivity index (χ3n) is 4.34. The Hall–Kier alpha value is -2.82. The normalized spacial score (nSPS) is 14.9. The number of nitrogens with one attached hydrogen (secondary N) is 1. The Morgan fingerprint density at radius 3 is 2.62 bits per heavy atom. The number of benzene rings is 1. The molecule has 5 nitrogen and oxygen atoms in total. The van der Waals surface area contributed by atoms with Crippen molar-refractivity contribution in [3.8, 4) is 6.07 Å². The van der Waals surface area contributed by atoms with Crippen molar-refractivity contribution in [2.75, 3.05) is 18.0 Å². The van der Waals surface area contributed by atoms with Crippen molar-refractivity contribution in [3.05, 3.63) is 57.1 Å². The molecular weight excluding hydrogens is 345 g/mol. The fourth-order valence-electron chi connectivity index (χ4n) is 3.08. The van der Waals surface area contributed by atoms with Crippen molar-refractivity contribution in [2.24, 2.45) is 0 Å². The number of piperidine rings is 1. The first kappa shape index (κ1) is 18.0. The van der Waals surface area contributed by atoms with Gasteiger partial charge >= 0.3 is 6.18 Å². The van der Waals surface area contributed by atoms with Gasteiger partial charge in [-0.1, -0.05) is 18.2 Å². The van der Waals surface area contributed by atoms with Crippen LogP contribution >= 0.6 is 0 Å². The highest BCUT2D eigenvalue weighted by Gasteiger charge is 2.30. The maximum absolute atomic E-state index is 12.9. The molecule has 1 aromatic heterocycles. The van der Waals surface area contributed by atoms with Crippen molar-refractivity contribution < 1.29 is 13.2 Å². The first-order valence-electron chi connectivity index (χ1n) is 8.33. The highest BCUT2D eigenvalue weighted by Crippen LogP contribution is 2.30. The standard InChI is InChI=1S/C18H17F3N4O/c19-18(20,21)13-6-4-5-12(9-13)10-15-23-16(14(11-22)17(26)24-15)25-7-2-1-3-8-25/h4-6,9H,1-3,7-8,10H2,(H,23,24,26). The summed E-state index contributed by atoms with van der Waals surface area (Å²) in [6, 6.07) is 6.80. The number of halogens is 3. The zero-order valence-corrected chi connectivity index (χ0v) is 13.9. The van der Waals surface area contributed by atoms with Gasteiger partial charge in [0.2, 0.25) is 0 Å². The molecule has 2 heterocycles. The lowest BCUT2D eigenvalue weighted by Gasteiger charge is -2.28. The van der Waals surface area contributed by atoms with E-state index in [1.807, 2.05) is 11.0 Å². The Kier molecular flexibility index (Phi) is 4.98. The number of aromatic amines is 1. The molecule has 0 amide bonds. The summed E-state index contributed by atoms with van der Waals surface area (Å²) in [5.74, 6) is 0.562. The molecule has 3 rings (SSSR count). The largest absolute Gasteiger partial charge is 0.416 e. The van der Waals surface area contributed by atoms with Crippen molar-refractivity contribution in [3.63, 3.8) is 0 Å². The molecule has 1 N–H and O–H groups in total. The smallest absolute Gasteiger partial charge is 0.355 e. The fraction of sp³-hybridized carbons (Fsp3) is 0.389. The quantitative estimate of drug-likeness (QED) is 0.910. The maximum Gasteiger partial charge on any atom is 0.416 e. The molecule has 136 valence electrons. The topological polar surface area (TPSA) is 72.8 Å². The Bertz CT molecular complexity index is 893. The van der Waals surface area contributed by atoms with E-state index < -0.39 is 17.3 Å². The molecule has 1 saturated heterocycles. The molecule has 0 spiro atoms. The number of alkyl halides is 3. The van der Waals surface area contributed by atoms with Gasteiger partial charge in [-0.3, -0.25) is 4.79 Å². The van der Waals surface area contributed by atoms with Crippen LogP contribution in [0, 0.1) is 11.3 Å². The van der Waals surface area contributed by atoms with Gasteiger partial charge in [-0.05, 0) is 30.9 Å². The minimum atomic E-state index is -4.43. The molecule has 2 aromatic rings. The molecule has 0 atom stereocenters. The van der Waals surface area contributed by atoms with Crippen molar-refractivity contribution in [1.29, 1.82) is 5.26 Å². The van der Waals surface area contributed by atoms with Gasteiger partial charge in [0.15, 0.2) is 11.4 Å². The van der Waals surface area contributed by atoms with Crippen LogP contribution in [0.25, 0.3) is 0 Å². The lowest BCUT2D eigenvalue weighted by atomic mass is 10.1. The molecule has 0 saturated carbocycles. The number of rotatable bonds is 3. The predicted octanol–water partition coefficient (Wildman–Crippen LogP) is 3.24. The number of anilines is 1. The van der Waals surface area contributed by atoms with Crippen LogP contribution in [0.5, 0.6) is 0 Å². The van der Waals surface area contributed by atoms with Gasteiger partial charge in [-0.2, -0.15) is 18.4 Å². The Balaban J connectivity index is 1.95. The van der Waals surface area contributed by atoms with Crippen LogP contribution in [0.15, 0.2) is 29.1 Å². The number of hydrogen-bond donors (Lipinski definition) is 1. The van der Waals surface area contributed by atoms with Gasteiger partial charge in [0.25, 0.3) is 5.56 Å². The highest BCUT2D eigenvalue weighted by molar-refractivity contribution is 5.53. The van der Waals surface area contributed by atoms with Gasteiger partial charge in [0.05, 0.1) is 5.56 Å². The molecule has 0 radical (unpaired) electrons. The van der Waals surface area contributed by atoms with Crippen LogP contribution in [0.1, 0.15) is 41.8 Å². The van der Waals surface area contributed by atoms with Crippen LogP contribution < -0.4 is 10.5 Å². The van der Waals surface area contributed by atoms with Crippen LogP contribution in [0.2, 0.25) is 0 Å². The summed E-state index contributed by atoms with van der Waals surface area (Å²) in [5, 5.41) is 9.27. The van der Waals surface area contributed by atoms with E-state index in [-0.39, 0.29) is 17.8 Å². The molecule has 26 heavy (non-hydrogen) atoms. The van der Waals surface area contributed by atoms with E-state index in [4.69, 9.17) is 0 Å². The Morgan fingerprint density at radius 1 is 1.23 bits per heavy atom. The summed E-state index contributed by atoms with van der Waals surface area (Å²) in [7, 11) is 0. The lowest BCUT2D eigenvalue weighted by Crippen LogP contribution is -2.33. The Labute approximate surface area is 148 Å². The summed E-state index contributed by atoms with van der Waals surface area (Å²) >= 11 is 0. The first-order chi connectivity index (χ1) is 12.4. The number of H-pyrrole nitrogens is 1. The lowest BCUT2D eigenvalue weighted by molar-refractivity contribution is -0.137. The minimum Gasteiger partial charge on any atom is -0.355 e. The van der Waals surface area contributed by atoms with E-state index in [1.54, 1.807) is 6.07 Å². The second-order valence-corrected chi connectivity index (χ2v) is 6.25. The number of nitrogens with zero attached hydrogens (tertiary/aromatic N) is 3. The monoisotopic (exact) mass is 362 g/mol. The number of hydrogen-bond acceptors (Lipinski definition) is 4. The van der Waals surface area contributed by atoms with Crippen molar-refractivity contribution >= 4 is 5.82 Å². The zero-order chi connectivity index (χ0) is 18.7. The third-order valence-corrected chi connectivity index (χ3v) is 4.34. The van der Waals surface area contributed by atoms with Gasteiger partial charge in [-0.25, -0.2) is 4.98 Å². The van der Waals surface area contributed by atoms with Gasteiger partial charge in [0, 0.05) is 19.5 Å². The minimum absolute atomic E-state index is 0.0473. The van der Waals surface area contributed by atoms with E-state index in [1.165, 1.54) is 6.07 Å². The first-order valence-corrected chi connectivity index (χ1v) is 8.33. The summed E-state index contributed by atoms with van der Waals surface area (Å²) < 4.78 is 38.6. The SMILES string of the molecule is N#Cc1c(N2CCCCC2)nc(Cc2cccc(C(F)(F)F)c2)[nH]c1=O. The predicted molar refractivity (Wildman–Crippen MR) is 89.9 cm³/mol. The molecule has 1 aliphatic rings. The van der Waals surface area contributed by atoms with Crippen LogP contribution in [0.3, 0.4) is 0 Å². The molecular formula is C18H17F3N4O. The molecule has 0 bridgehead atoms. The number of nitriles is 1. The van der Waals surface area contributed by atoms with E-state index in [0.717, 1.165) is 31.4 Å². The highest BCUT2D eigenvalue weighted by atomic mass is 19.4. The summed E-state index contributed by atoms with van der Waals surface area (Å²) in [6.45, 7) is 1.41. The second-order valence-electron chi connectivity index (χ2n) is 6.25. The third kappa shape index (κ3) is 3.87. The molecule has 0 unspecified atom stereocenters. The van der Waals surface area contributed by atoms with E-state index in [2.05, 4.69) is 9.97 Å². The average Bonchev–Trinajstić information content (AvgIpc) is 2.61. The van der Waals surface area contributed by atoms with Crippen LogP contribution in [0.4, 0.5) is 19.0 Å². The zero-order valence-electron chi connectivity index (χ0n) is 13.9. The number of aromatic nitrogens is 2. The van der Waals surface area contributed by atoms with E-state index >= 15 is 0 Å². The van der Waals surface area contributed by atoms with E-state index in [0.29, 0.717) is 24.5 Å². The average molecular weight is 362 g/mol. The van der Waals surface area contributed by atoms with Crippen molar-refractivity contribution in [2.45, 2.75) is 31.9 Å². The van der Waals surface area contributed by atoms with Gasteiger partial charge in [0.1, 0.15) is 11.9 Å². The molecule has 1 aromatic carbocycles. The van der Waals surface area contributed by atoms with Crippen molar-refractivity contribution in [1.82, 2.24) is 9.97 Å². The summed E-state index contributed by atoms with van der Waals surface area (Å²) in [4.78, 5) is 21.0. The molecule has 1 fully saturated rings. The van der Waals surface area contributed by atoms with Crippen LogP contribution in [-0.2, 0) is 12.6 Å². The van der Waals surface area contributed by atoms with Gasteiger partial charge < -0.3 is 9.88 Å². The molecule has 0 aliphatic carbocycles. The maximum atomic E-state index is 12.9. The Morgan fingerprint density at radius 2 is 1.96 bits per heavy atom. The van der Waals surface area contributed by atoms with Crippen LogP contribution in [-0.4, -0.2) is 23.1 Å². The molecule has 1 aliphatic heterocycles. The fourth-order valence-corrected chi connectivity index (χ4v) is 3.08. The second kappa shape index (κ2) is 7.20. The van der Waals surface area contributed by atoms with E-state index in [9.17, 15) is 23.2 Å². The van der Waals surface area contributed by atoms with Gasteiger partial charge in [-0.15, -0.1) is 0 Å². The molecule has 8 heteroatoms.